The molecular formula is C14H12N2O3S. The molecule has 0 unspecified atom stereocenters. The summed E-state index contributed by atoms with van der Waals surface area (Å²) in [5.74, 6) is 5.08. The van der Waals surface area contributed by atoms with Crippen LogP contribution in [-0.2, 0) is 6.54 Å². The fourth-order valence-electron chi connectivity index (χ4n) is 1.57. The van der Waals surface area contributed by atoms with Gasteiger partial charge in [0.15, 0.2) is 0 Å². The van der Waals surface area contributed by atoms with Gasteiger partial charge in [-0.15, -0.1) is 11.3 Å². The Balaban J connectivity index is 2.04. The van der Waals surface area contributed by atoms with Crippen LogP contribution in [0, 0.1) is 11.8 Å². The van der Waals surface area contributed by atoms with Gasteiger partial charge in [0.2, 0.25) is 5.56 Å². The number of aromatic nitrogens is 1. The molecular weight excluding hydrogens is 276 g/mol. The summed E-state index contributed by atoms with van der Waals surface area (Å²) in [6.07, 6.45) is 1.43. The van der Waals surface area contributed by atoms with Gasteiger partial charge in [-0.25, -0.2) is 0 Å². The summed E-state index contributed by atoms with van der Waals surface area (Å²) in [5.41, 5.74) is 0.784. The van der Waals surface area contributed by atoms with Gasteiger partial charge < -0.3 is 15.4 Å². The predicted octanol–water partition coefficient (Wildman–Crippen LogP) is 0.710. The number of aliphatic hydroxyl groups is 1. The summed E-state index contributed by atoms with van der Waals surface area (Å²) in [5, 5.41) is 13.3. The van der Waals surface area contributed by atoms with Crippen LogP contribution >= 0.6 is 11.3 Å². The molecule has 0 aliphatic heterocycles. The first kappa shape index (κ1) is 14.1. The van der Waals surface area contributed by atoms with Crippen molar-refractivity contribution in [1.82, 2.24) is 10.3 Å². The summed E-state index contributed by atoms with van der Waals surface area (Å²) in [7, 11) is 0. The Bertz CT molecular complexity index is 722. The second-order valence-corrected chi connectivity index (χ2v) is 4.84. The minimum Gasteiger partial charge on any atom is -0.384 e. The molecule has 0 saturated carbocycles. The highest BCUT2D eigenvalue weighted by atomic mass is 32.1. The molecule has 20 heavy (non-hydrogen) atoms. The van der Waals surface area contributed by atoms with Crippen molar-refractivity contribution in [3.05, 3.63) is 56.1 Å². The number of H-pyrrole nitrogens is 1. The van der Waals surface area contributed by atoms with Crippen molar-refractivity contribution in [3.63, 3.8) is 0 Å². The van der Waals surface area contributed by atoms with Crippen molar-refractivity contribution in [2.24, 2.45) is 0 Å². The van der Waals surface area contributed by atoms with E-state index in [1.165, 1.54) is 29.7 Å². The number of carbonyl (C=O) groups excluding carboxylic acids is 1. The van der Waals surface area contributed by atoms with Gasteiger partial charge in [-0.05, 0) is 17.5 Å². The highest BCUT2D eigenvalue weighted by Gasteiger charge is 2.07. The number of carbonyl (C=O) groups is 1. The van der Waals surface area contributed by atoms with Crippen LogP contribution in [0.25, 0.3) is 0 Å². The maximum atomic E-state index is 11.9. The third kappa shape index (κ3) is 3.57. The van der Waals surface area contributed by atoms with E-state index >= 15 is 0 Å². The number of rotatable bonds is 3. The molecule has 5 nitrogen and oxygen atoms in total. The third-order valence-electron chi connectivity index (χ3n) is 2.49. The molecule has 102 valence electrons. The number of amides is 1. The van der Waals surface area contributed by atoms with Crippen LogP contribution in [0.1, 0.15) is 20.8 Å². The van der Waals surface area contributed by atoms with Gasteiger partial charge in [0.1, 0.15) is 6.61 Å². The maximum absolute atomic E-state index is 11.9. The molecule has 0 fully saturated rings. The highest BCUT2D eigenvalue weighted by Crippen LogP contribution is 2.15. The fourth-order valence-corrected chi connectivity index (χ4v) is 2.34. The Hall–Kier alpha value is -2.36. The van der Waals surface area contributed by atoms with Gasteiger partial charge in [0, 0.05) is 28.3 Å². The lowest BCUT2D eigenvalue weighted by atomic mass is 10.2. The van der Waals surface area contributed by atoms with Crippen molar-refractivity contribution >= 4 is 17.2 Å². The van der Waals surface area contributed by atoms with Gasteiger partial charge in [-0.2, -0.15) is 0 Å². The zero-order chi connectivity index (χ0) is 14.4. The number of nitrogens with one attached hydrogen (secondary N) is 2. The Morgan fingerprint density at radius 1 is 1.45 bits per heavy atom. The number of pyridine rings is 1. The van der Waals surface area contributed by atoms with Gasteiger partial charge in [-0.3, -0.25) is 9.59 Å². The van der Waals surface area contributed by atoms with Gasteiger partial charge >= 0.3 is 0 Å². The van der Waals surface area contributed by atoms with E-state index in [9.17, 15) is 9.59 Å². The van der Waals surface area contributed by atoms with E-state index in [2.05, 4.69) is 22.1 Å². The van der Waals surface area contributed by atoms with E-state index in [0.29, 0.717) is 12.1 Å². The molecule has 1 amide bonds. The third-order valence-corrected chi connectivity index (χ3v) is 3.42. The van der Waals surface area contributed by atoms with E-state index in [4.69, 9.17) is 5.11 Å². The predicted molar refractivity (Wildman–Crippen MR) is 76.5 cm³/mol. The smallest absolute Gasteiger partial charge is 0.251 e. The van der Waals surface area contributed by atoms with Crippen LogP contribution in [0.15, 0.2) is 34.6 Å². The van der Waals surface area contributed by atoms with Crippen LogP contribution in [0.5, 0.6) is 0 Å². The van der Waals surface area contributed by atoms with Crippen molar-refractivity contribution in [2.75, 3.05) is 6.61 Å². The molecule has 2 aromatic rings. The molecule has 0 atom stereocenters. The van der Waals surface area contributed by atoms with Crippen molar-refractivity contribution in [3.8, 4) is 11.8 Å². The molecule has 0 saturated heterocycles. The summed E-state index contributed by atoms with van der Waals surface area (Å²) < 4.78 is 0. The van der Waals surface area contributed by atoms with Gasteiger partial charge in [0.25, 0.3) is 5.91 Å². The van der Waals surface area contributed by atoms with Crippen LogP contribution in [0.2, 0.25) is 0 Å². The standard InChI is InChI=1S/C14H12N2O3S/c17-6-1-2-10-4-7-20-12(10)9-16-14(19)11-3-5-15-13(18)8-11/h3-5,7-8,17H,6,9H2,(H,15,18)(H,16,19). The second kappa shape index (κ2) is 6.70. The molecule has 0 aliphatic rings. The van der Waals surface area contributed by atoms with Crippen molar-refractivity contribution in [2.45, 2.75) is 6.54 Å². The first-order valence-corrected chi connectivity index (χ1v) is 6.71. The lowest BCUT2D eigenvalue weighted by Gasteiger charge is -2.03. The van der Waals surface area contributed by atoms with Gasteiger partial charge in [-0.1, -0.05) is 11.8 Å². The van der Waals surface area contributed by atoms with E-state index in [1.54, 1.807) is 0 Å². The number of aliphatic hydroxyl groups excluding tert-OH is 1. The van der Waals surface area contributed by atoms with Crippen LogP contribution < -0.4 is 10.9 Å². The highest BCUT2D eigenvalue weighted by molar-refractivity contribution is 7.10. The van der Waals surface area contributed by atoms with E-state index < -0.39 is 0 Å². The number of thiophene rings is 1. The topological polar surface area (TPSA) is 82.2 Å². The van der Waals surface area contributed by atoms with Crippen LogP contribution in [0.4, 0.5) is 0 Å². The molecule has 6 heteroatoms. The molecule has 2 rings (SSSR count). The van der Waals surface area contributed by atoms with Crippen LogP contribution in [-0.4, -0.2) is 22.6 Å². The van der Waals surface area contributed by atoms with E-state index in [-0.39, 0.29) is 18.1 Å². The van der Waals surface area contributed by atoms with E-state index in [1.807, 2.05) is 11.4 Å². The average molecular weight is 288 g/mol. The molecule has 0 aliphatic carbocycles. The average Bonchev–Trinajstić information content (AvgIpc) is 2.90. The monoisotopic (exact) mass is 288 g/mol. The molecule has 2 aromatic heterocycles. The second-order valence-electron chi connectivity index (χ2n) is 3.84. The molecule has 0 aromatic carbocycles. The Morgan fingerprint density at radius 3 is 3.05 bits per heavy atom. The van der Waals surface area contributed by atoms with Crippen molar-refractivity contribution in [1.29, 1.82) is 0 Å². The summed E-state index contributed by atoms with van der Waals surface area (Å²) in [6.45, 7) is 0.132. The zero-order valence-electron chi connectivity index (χ0n) is 10.5. The molecule has 0 bridgehead atoms. The number of hydrogen-bond donors (Lipinski definition) is 3. The first-order valence-electron chi connectivity index (χ1n) is 5.84. The first-order chi connectivity index (χ1) is 9.70. The molecule has 0 spiro atoms. The zero-order valence-corrected chi connectivity index (χ0v) is 11.3. The normalized spacial score (nSPS) is 9.65. The maximum Gasteiger partial charge on any atom is 0.251 e. The molecule has 3 N–H and O–H groups in total. The van der Waals surface area contributed by atoms with Gasteiger partial charge in [0.05, 0.1) is 6.54 Å². The fraction of sp³-hybridized carbons (Fsp3) is 0.143. The minimum atomic E-state index is -0.316. The quantitative estimate of drug-likeness (QED) is 0.728. The number of aromatic amines is 1. The molecule has 0 radical (unpaired) electrons. The Morgan fingerprint density at radius 2 is 2.30 bits per heavy atom. The SMILES string of the molecule is O=C(NCc1sccc1C#CCO)c1cc[nH]c(=O)c1. The Kier molecular flexibility index (Phi) is 4.71. The van der Waals surface area contributed by atoms with E-state index in [0.717, 1.165) is 10.4 Å². The number of hydrogen-bond acceptors (Lipinski definition) is 4. The molecule has 2 heterocycles. The lowest BCUT2D eigenvalue weighted by molar-refractivity contribution is 0.0951. The van der Waals surface area contributed by atoms with Crippen LogP contribution in [0.3, 0.4) is 0 Å². The largest absolute Gasteiger partial charge is 0.384 e. The lowest BCUT2D eigenvalue weighted by Crippen LogP contribution is -2.24. The summed E-state index contributed by atoms with van der Waals surface area (Å²) >= 11 is 1.47. The summed E-state index contributed by atoms with van der Waals surface area (Å²) in [6, 6.07) is 4.62. The minimum absolute atomic E-state index is 0.200. The summed E-state index contributed by atoms with van der Waals surface area (Å²) in [4.78, 5) is 26.4. The van der Waals surface area contributed by atoms with Crippen molar-refractivity contribution < 1.29 is 9.90 Å². The Labute approximate surface area is 119 Å².